The molecule has 1 heterocycles. The zero-order valence-electron chi connectivity index (χ0n) is 15.5. The van der Waals surface area contributed by atoms with Gasteiger partial charge in [-0.1, -0.05) is 29.8 Å². The van der Waals surface area contributed by atoms with Gasteiger partial charge >= 0.3 is 0 Å². The summed E-state index contributed by atoms with van der Waals surface area (Å²) in [6, 6.07) is 9.16. The van der Waals surface area contributed by atoms with Crippen molar-refractivity contribution in [2.45, 2.75) is 6.61 Å². The molecule has 2 aromatic carbocycles. The second kappa shape index (κ2) is 9.51. The van der Waals surface area contributed by atoms with Crippen molar-refractivity contribution in [2.24, 2.45) is 0 Å². The van der Waals surface area contributed by atoms with Gasteiger partial charge in [0.2, 0.25) is 0 Å². The molecular formula is C21H15BrClFN2O3S. The van der Waals surface area contributed by atoms with Crippen molar-refractivity contribution in [2.75, 3.05) is 6.54 Å². The Balaban J connectivity index is 1.84. The Labute approximate surface area is 191 Å². The summed E-state index contributed by atoms with van der Waals surface area (Å²) in [7, 11) is 0. The number of thiocarbonyl (C=S) groups is 1. The van der Waals surface area contributed by atoms with Crippen molar-refractivity contribution in [3.05, 3.63) is 81.1 Å². The number of rotatable bonds is 6. The van der Waals surface area contributed by atoms with Crippen LogP contribution in [0.3, 0.4) is 0 Å². The fraction of sp³-hybridized carbons (Fsp3) is 0.0952. The molecule has 2 aromatic rings. The molecule has 0 radical (unpaired) electrons. The Morgan fingerprint density at radius 3 is 2.60 bits per heavy atom. The second-order valence-electron chi connectivity index (χ2n) is 6.25. The number of hydrogen-bond acceptors (Lipinski definition) is 4. The standard InChI is InChI=1S/C21H15BrClFN2O3S/c1-2-7-26-20(28)15(19(27)25-21(26)30)8-13-9-16(22)18(17(23)10-13)29-11-12-3-5-14(24)6-4-12/h2-6,8-10H,1,7,11H2,(H,25,27,30)/b15-8+. The van der Waals surface area contributed by atoms with Crippen LogP contribution in [0.5, 0.6) is 5.75 Å². The van der Waals surface area contributed by atoms with Crippen LogP contribution in [0.25, 0.3) is 6.08 Å². The van der Waals surface area contributed by atoms with Crippen LogP contribution in [0.2, 0.25) is 5.02 Å². The first kappa shape index (κ1) is 22.1. The molecule has 0 aromatic heterocycles. The number of ether oxygens (including phenoxy) is 1. The molecule has 30 heavy (non-hydrogen) atoms. The molecule has 0 atom stereocenters. The molecule has 1 N–H and O–H groups in total. The summed E-state index contributed by atoms with van der Waals surface area (Å²) in [4.78, 5) is 26.1. The zero-order valence-corrected chi connectivity index (χ0v) is 18.6. The molecule has 154 valence electrons. The van der Waals surface area contributed by atoms with E-state index in [1.807, 2.05) is 0 Å². The lowest BCUT2D eigenvalue weighted by molar-refractivity contribution is -0.128. The summed E-state index contributed by atoms with van der Waals surface area (Å²) in [6.07, 6.45) is 2.94. The van der Waals surface area contributed by atoms with Gasteiger partial charge in [-0.2, -0.15) is 0 Å². The third-order valence-electron chi connectivity index (χ3n) is 4.13. The zero-order chi connectivity index (χ0) is 21.8. The highest BCUT2D eigenvalue weighted by Gasteiger charge is 2.32. The van der Waals surface area contributed by atoms with Gasteiger partial charge < -0.3 is 4.74 Å². The molecule has 1 fully saturated rings. The fourth-order valence-electron chi connectivity index (χ4n) is 2.69. The van der Waals surface area contributed by atoms with Crippen LogP contribution in [-0.4, -0.2) is 28.4 Å². The van der Waals surface area contributed by atoms with Gasteiger partial charge in [-0.25, -0.2) is 4.39 Å². The largest absolute Gasteiger partial charge is 0.486 e. The summed E-state index contributed by atoms with van der Waals surface area (Å²) >= 11 is 14.8. The molecule has 3 rings (SSSR count). The van der Waals surface area contributed by atoms with E-state index in [-0.39, 0.29) is 34.7 Å². The summed E-state index contributed by atoms with van der Waals surface area (Å²) in [5.41, 5.74) is 1.22. The van der Waals surface area contributed by atoms with Crippen LogP contribution in [0.4, 0.5) is 4.39 Å². The normalized spacial score (nSPS) is 15.4. The Bertz CT molecular complexity index is 1050. The lowest BCUT2D eigenvalue weighted by atomic mass is 10.1. The van der Waals surface area contributed by atoms with Crippen LogP contribution in [-0.2, 0) is 16.2 Å². The number of carbonyl (C=O) groups is 2. The van der Waals surface area contributed by atoms with E-state index in [9.17, 15) is 14.0 Å². The monoisotopic (exact) mass is 508 g/mol. The van der Waals surface area contributed by atoms with E-state index >= 15 is 0 Å². The maximum atomic E-state index is 13.0. The summed E-state index contributed by atoms with van der Waals surface area (Å²) < 4.78 is 19.3. The Kier molecular flexibility index (Phi) is 7.02. The van der Waals surface area contributed by atoms with Crippen molar-refractivity contribution in [3.63, 3.8) is 0 Å². The molecule has 0 spiro atoms. The van der Waals surface area contributed by atoms with Crippen LogP contribution >= 0.6 is 39.7 Å². The second-order valence-corrected chi connectivity index (χ2v) is 7.90. The van der Waals surface area contributed by atoms with Crippen molar-refractivity contribution in [3.8, 4) is 5.75 Å². The summed E-state index contributed by atoms with van der Waals surface area (Å²) in [5.74, 6) is -1.05. The van der Waals surface area contributed by atoms with Crippen LogP contribution in [0.1, 0.15) is 11.1 Å². The third kappa shape index (κ3) is 4.95. The number of benzene rings is 2. The molecule has 1 aliphatic rings. The third-order valence-corrected chi connectivity index (χ3v) is 5.32. The van der Waals surface area contributed by atoms with E-state index in [1.54, 1.807) is 24.3 Å². The molecule has 0 aliphatic carbocycles. The quantitative estimate of drug-likeness (QED) is 0.267. The number of carbonyl (C=O) groups excluding carboxylic acids is 2. The van der Waals surface area contributed by atoms with Gasteiger partial charge in [0.25, 0.3) is 11.8 Å². The average molecular weight is 510 g/mol. The SMILES string of the molecule is C=CCN1C(=O)/C(=C/c2cc(Cl)c(OCc3ccc(F)cc3)c(Br)c2)C(=O)NC1=S. The predicted octanol–water partition coefficient (Wildman–Crippen LogP) is 4.63. The molecular weight excluding hydrogens is 495 g/mol. The van der Waals surface area contributed by atoms with Crippen molar-refractivity contribution < 1.29 is 18.7 Å². The first-order valence-corrected chi connectivity index (χ1v) is 10.2. The molecule has 1 saturated heterocycles. The summed E-state index contributed by atoms with van der Waals surface area (Å²) in [6.45, 7) is 3.95. The molecule has 0 saturated carbocycles. The number of halogens is 3. The minimum Gasteiger partial charge on any atom is -0.486 e. The highest BCUT2D eigenvalue weighted by molar-refractivity contribution is 9.10. The van der Waals surface area contributed by atoms with Crippen LogP contribution < -0.4 is 10.1 Å². The lowest BCUT2D eigenvalue weighted by Crippen LogP contribution is -2.53. The first-order valence-electron chi connectivity index (χ1n) is 8.66. The minimum absolute atomic E-state index is 0.0332. The summed E-state index contributed by atoms with van der Waals surface area (Å²) in [5, 5.41) is 2.79. The number of nitrogens with zero attached hydrogens (tertiary/aromatic N) is 1. The van der Waals surface area contributed by atoms with E-state index < -0.39 is 11.8 Å². The maximum Gasteiger partial charge on any atom is 0.265 e. The van der Waals surface area contributed by atoms with E-state index in [0.29, 0.717) is 15.8 Å². The Hall–Kier alpha value is -2.55. The number of hydrogen-bond donors (Lipinski definition) is 1. The Morgan fingerprint density at radius 1 is 1.27 bits per heavy atom. The highest BCUT2D eigenvalue weighted by Crippen LogP contribution is 2.36. The van der Waals surface area contributed by atoms with E-state index in [0.717, 1.165) is 5.56 Å². The van der Waals surface area contributed by atoms with Gasteiger partial charge in [-0.3, -0.25) is 19.8 Å². The predicted molar refractivity (Wildman–Crippen MR) is 121 cm³/mol. The number of nitrogens with one attached hydrogen (secondary N) is 1. The number of amides is 2. The molecule has 0 unspecified atom stereocenters. The van der Waals surface area contributed by atoms with Gasteiger partial charge in [0, 0.05) is 6.54 Å². The molecule has 0 bridgehead atoms. The topological polar surface area (TPSA) is 58.6 Å². The molecule has 1 aliphatic heterocycles. The maximum absolute atomic E-state index is 13.0. The average Bonchev–Trinajstić information content (AvgIpc) is 2.69. The van der Waals surface area contributed by atoms with Crippen LogP contribution in [0.15, 0.2) is 59.1 Å². The van der Waals surface area contributed by atoms with E-state index in [4.69, 9.17) is 28.6 Å². The van der Waals surface area contributed by atoms with E-state index in [1.165, 1.54) is 29.2 Å². The van der Waals surface area contributed by atoms with Crippen molar-refractivity contribution in [1.82, 2.24) is 10.2 Å². The van der Waals surface area contributed by atoms with Gasteiger partial charge in [0.1, 0.15) is 18.0 Å². The fourth-order valence-corrected chi connectivity index (χ4v) is 3.93. The highest BCUT2D eigenvalue weighted by atomic mass is 79.9. The molecule has 9 heteroatoms. The lowest BCUT2D eigenvalue weighted by Gasteiger charge is -2.27. The van der Waals surface area contributed by atoms with Gasteiger partial charge in [-0.05, 0) is 69.6 Å². The van der Waals surface area contributed by atoms with E-state index in [2.05, 4.69) is 27.8 Å². The first-order chi connectivity index (χ1) is 14.3. The molecule has 5 nitrogen and oxygen atoms in total. The smallest absolute Gasteiger partial charge is 0.265 e. The van der Waals surface area contributed by atoms with Crippen molar-refractivity contribution >= 4 is 62.8 Å². The van der Waals surface area contributed by atoms with Crippen LogP contribution in [0, 0.1) is 5.82 Å². The van der Waals surface area contributed by atoms with Gasteiger partial charge in [0.15, 0.2) is 10.9 Å². The van der Waals surface area contributed by atoms with Gasteiger partial charge in [-0.15, -0.1) is 6.58 Å². The van der Waals surface area contributed by atoms with Gasteiger partial charge in [0.05, 0.1) is 9.50 Å². The Morgan fingerprint density at radius 2 is 1.97 bits per heavy atom. The minimum atomic E-state index is -0.589. The van der Waals surface area contributed by atoms with Crippen molar-refractivity contribution in [1.29, 1.82) is 0 Å². The molecule has 2 amide bonds.